The maximum atomic E-state index is 12.6. The lowest BCUT2D eigenvalue weighted by Gasteiger charge is -2.13. The van der Waals surface area contributed by atoms with E-state index in [0.717, 1.165) is 22.8 Å². The number of rotatable bonds is 4. The SMILES string of the molecule is Cc1cn(CC(=O)Nc2cc(C(C)(C)C)nn2C)c(-c2ccccc2)n1. The van der Waals surface area contributed by atoms with Crippen LogP contribution in [0.4, 0.5) is 5.82 Å². The minimum Gasteiger partial charge on any atom is -0.321 e. The van der Waals surface area contributed by atoms with E-state index < -0.39 is 0 Å². The van der Waals surface area contributed by atoms with E-state index in [1.165, 1.54) is 0 Å². The van der Waals surface area contributed by atoms with Gasteiger partial charge in [0.25, 0.3) is 0 Å². The van der Waals surface area contributed by atoms with Crippen molar-refractivity contribution in [1.29, 1.82) is 0 Å². The lowest BCUT2D eigenvalue weighted by Crippen LogP contribution is -2.20. The third-order valence-corrected chi connectivity index (χ3v) is 4.16. The molecule has 2 heterocycles. The second kappa shape index (κ2) is 6.78. The fourth-order valence-electron chi connectivity index (χ4n) is 2.77. The van der Waals surface area contributed by atoms with Crippen LogP contribution in [0, 0.1) is 6.92 Å². The van der Waals surface area contributed by atoms with E-state index in [1.807, 2.05) is 61.1 Å². The highest BCUT2D eigenvalue weighted by molar-refractivity contribution is 5.90. The molecule has 136 valence electrons. The van der Waals surface area contributed by atoms with Gasteiger partial charge in [0.2, 0.25) is 5.91 Å². The van der Waals surface area contributed by atoms with Crippen molar-refractivity contribution >= 4 is 11.7 Å². The largest absolute Gasteiger partial charge is 0.321 e. The van der Waals surface area contributed by atoms with Crippen LogP contribution in [0.5, 0.6) is 0 Å². The predicted molar refractivity (Wildman–Crippen MR) is 103 cm³/mol. The summed E-state index contributed by atoms with van der Waals surface area (Å²) >= 11 is 0. The number of anilines is 1. The van der Waals surface area contributed by atoms with Crippen molar-refractivity contribution in [2.45, 2.75) is 39.7 Å². The second-order valence-corrected chi connectivity index (χ2v) is 7.54. The van der Waals surface area contributed by atoms with Crippen molar-refractivity contribution in [2.75, 3.05) is 5.32 Å². The Morgan fingerprint density at radius 3 is 2.50 bits per heavy atom. The molecular weight excluding hydrogens is 326 g/mol. The van der Waals surface area contributed by atoms with Crippen LogP contribution in [-0.4, -0.2) is 25.2 Å². The van der Waals surface area contributed by atoms with Crippen molar-refractivity contribution in [2.24, 2.45) is 7.05 Å². The van der Waals surface area contributed by atoms with Crippen molar-refractivity contribution < 1.29 is 4.79 Å². The summed E-state index contributed by atoms with van der Waals surface area (Å²) in [6.45, 7) is 8.42. The molecule has 0 spiro atoms. The van der Waals surface area contributed by atoms with Gasteiger partial charge in [-0.15, -0.1) is 0 Å². The number of hydrogen-bond donors (Lipinski definition) is 1. The molecular formula is C20H25N5O. The number of nitrogens with one attached hydrogen (secondary N) is 1. The average Bonchev–Trinajstić information content (AvgIpc) is 3.11. The molecule has 3 rings (SSSR count). The number of nitrogens with zero attached hydrogens (tertiary/aromatic N) is 4. The van der Waals surface area contributed by atoms with E-state index in [1.54, 1.807) is 4.68 Å². The molecule has 0 aliphatic heterocycles. The molecule has 0 aliphatic rings. The smallest absolute Gasteiger partial charge is 0.245 e. The Morgan fingerprint density at radius 2 is 1.88 bits per heavy atom. The molecule has 1 N–H and O–H groups in total. The van der Waals surface area contributed by atoms with E-state index in [0.29, 0.717) is 5.82 Å². The summed E-state index contributed by atoms with van der Waals surface area (Å²) in [6, 6.07) is 11.8. The van der Waals surface area contributed by atoms with Crippen LogP contribution >= 0.6 is 0 Å². The number of aromatic nitrogens is 4. The summed E-state index contributed by atoms with van der Waals surface area (Å²) in [5.41, 5.74) is 2.75. The van der Waals surface area contributed by atoms with Crippen LogP contribution < -0.4 is 5.32 Å². The first-order valence-electron chi connectivity index (χ1n) is 8.67. The average molecular weight is 351 g/mol. The van der Waals surface area contributed by atoms with E-state index in [4.69, 9.17) is 0 Å². The summed E-state index contributed by atoms with van der Waals surface area (Å²) in [7, 11) is 1.83. The van der Waals surface area contributed by atoms with Gasteiger partial charge in [-0.25, -0.2) is 4.98 Å². The van der Waals surface area contributed by atoms with Crippen molar-refractivity contribution in [1.82, 2.24) is 19.3 Å². The zero-order chi connectivity index (χ0) is 18.9. The highest BCUT2D eigenvalue weighted by atomic mass is 16.2. The Kier molecular flexibility index (Phi) is 4.68. The zero-order valence-corrected chi connectivity index (χ0v) is 15.9. The number of amides is 1. The minimum atomic E-state index is -0.108. The highest BCUT2D eigenvalue weighted by Gasteiger charge is 2.20. The molecule has 0 saturated heterocycles. The van der Waals surface area contributed by atoms with Crippen LogP contribution in [0.15, 0.2) is 42.6 Å². The molecule has 0 saturated carbocycles. The zero-order valence-electron chi connectivity index (χ0n) is 15.9. The van der Waals surface area contributed by atoms with E-state index in [-0.39, 0.29) is 17.9 Å². The molecule has 0 atom stereocenters. The molecule has 6 nitrogen and oxygen atoms in total. The molecule has 0 bridgehead atoms. The molecule has 0 fully saturated rings. The molecule has 26 heavy (non-hydrogen) atoms. The van der Waals surface area contributed by atoms with Gasteiger partial charge in [-0.1, -0.05) is 51.1 Å². The van der Waals surface area contributed by atoms with Gasteiger partial charge in [-0.2, -0.15) is 5.10 Å². The van der Waals surface area contributed by atoms with Crippen molar-refractivity contribution in [3.63, 3.8) is 0 Å². The van der Waals surface area contributed by atoms with Crippen LogP contribution in [0.25, 0.3) is 11.4 Å². The minimum absolute atomic E-state index is 0.0668. The maximum absolute atomic E-state index is 12.6. The fourth-order valence-corrected chi connectivity index (χ4v) is 2.77. The lowest BCUT2D eigenvalue weighted by molar-refractivity contribution is -0.116. The number of benzene rings is 1. The van der Waals surface area contributed by atoms with Gasteiger partial charge in [-0.3, -0.25) is 9.48 Å². The highest BCUT2D eigenvalue weighted by Crippen LogP contribution is 2.23. The van der Waals surface area contributed by atoms with Gasteiger partial charge in [0.1, 0.15) is 18.2 Å². The standard InChI is InChI=1S/C20H25N5O/c1-14-12-25(19(21-14)15-9-7-6-8-10-15)13-18(26)22-17-11-16(20(2,3)4)23-24(17)5/h6-12H,13H2,1-5H3,(H,22,26). The third-order valence-electron chi connectivity index (χ3n) is 4.16. The third kappa shape index (κ3) is 3.85. The fraction of sp³-hybridized carbons (Fsp3) is 0.350. The molecule has 0 aliphatic carbocycles. The van der Waals surface area contributed by atoms with Gasteiger partial charge < -0.3 is 9.88 Å². The second-order valence-electron chi connectivity index (χ2n) is 7.54. The van der Waals surface area contributed by atoms with Gasteiger partial charge in [0, 0.05) is 30.3 Å². The normalized spacial score (nSPS) is 11.6. The summed E-state index contributed by atoms with van der Waals surface area (Å²) in [4.78, 5) is 17.1. The number of hydrogen-bond acceptors (Lipinski definition) is 3. The Balaban J connectivity index is 1.79. The van der Waals surface area contributed by atoms with Gasteiger partial charge in [0.15, 0.2) is 0 Å². The molecule has 6 heteroatoms. The van der Waals surface area contributed by atoms with Crippen LogP contribution in [0.2, 0.25) is 0 Å². The molecule has 2 aromatic heterocycles. The monoisotopic (exact) mass is 351 g/mol. The quantitative estimate of drug-likeness (QED) is 0.782. The molecule has 3 aromatic rings. The number of imidazole rings is 1. The van der Waals surface area contributed by atoms with Gasteiger partial charge in [-0.05, 0) is 6.92 Å². The van der Waals surface area contributed by atoms with E-state index in [9.17, 15) is 4.79 Å². The summed E-state index contributed by atoms with van der Waals surface area (Å²) in [5.74, 6) is 1.37. The predicted octanol–water partition coefficient (Wildman–Crippen LogP) is 3.53. The Labute approximate surface area is 153 Å². The van der Waals surface area contributed by atoms with E-state index >= 15 is 0 Å². The maximum Gasteiger partial charge on any atom is 0.245 e. The Morgan fingerprint density at radius 1 is 1.19 bits per heavy atom. The van der Waals surface area contributed by atoms with Gasteiger partial charge >= 0.3 is 0 Å². The summed E-state index contributed by atoms with van der Waals surface area (Å²) in [5, 5.41) is 7.45. The van der Waals surface area contributed by atoms with Crippen LogP contribution in [0.1, 0.15) is 32.2 Å². The van der Waals surface area contributed by atoms with Gasteiger partial charge in [0.05, 0.1) is 11.4 Å². The number of carbonyl (C=O) groups excluding carboxylic acids is 1. The first-order valence-corrected chi connectivity index (χ1v) is 8.67. The van der Waals surface area contributed by atoms with Crippen molar-refractivity contribution in [3.05, 3.63) is 54.0 Å². The molecule has 0 radical (unpaired) electrons. The molecule has 1 aromatic carbocycles. The first-order chi connectivity index (χ1) is 12.2. The summed E-state index contributed by atoms with van der Waals surface area (Å²) in [6.07, 6.45) is 1.89. The number of carbonyl (C=O) groups is 1. The summed E-state index contributed by atoms with van der Waals surface area (Å²) < 4.78 is 3.58. The molecule has 1 amide bonds. The topological polar surface area (TPSA) is 64.7 Å². The van der Waals surface area contributed by atoms with Crippen LogP contribution in [-0.2, 0) is 23.8 Å². The van der Waals surface area contributed by atoms with E-state index in [2.05, 4.69) is 36.2 Å². The van der Waals surface area contributed by atoms with Crippen LogP contribution in [0.3, 0.4) is 0 Å². The Bertz CT molecular complexity index is 916. The first kappa shape index (κ1) is 17.9. The number of aryl methyl sites for hydroxylation is 2. The van der Waals surface area contributed by atoms with Crippen molar-refractivity contribution in [3.8, 4) is 11.4 Å². The Hall–Kier alpha value is -2.89. The lowest BCUT2D eigenvalue weighted by atomic mass is 9.92. The molecule has 0 unspecified atom stereocenters.